The summed E-state index contributed by atoms with van der Waals surface area (Å²) in [7, 11) is 1.63. The smallest absolute Gasteiger partial charge is 0.231 e. The number of aromatic nitrogens is 1. The van der Waals surface area contributed by atoms with Gasteiger partial charge in [0.1, 0.15) is 0 Å². The predicted octanol–water partition coefficient (Wildman–Crippen LogP) is 2.79. The van der Waals surface area contributed by atoms with E-state index in [1.807, 2.05) is 43.3 Å². The van der Waals surface area contributed by atoms with Crippen LogP contribution in [0.15, 0.2) is 47.6 Å². The van der Waals surface area contributed by atoms with Crippen LogP contribution >= 0.6 is 11.6 Å². The highest BCUT2D eigenvalue weighted by molar-refractivity contribution is 6.30. The first-order valence-corrected chi connectivity index (χ1v) is 7.61. The molecule has 2 heterocycles. The molecule has 5 nitrogen and oxygen atoms in total. The van der Waals surface area contributed by atoms with Gasteiger partial charge in [-0.3, -0.25) is 14.7 Å². The second-order valence-electron chi connectivity index (χ2n) is 5.81. The van der Waals surface area contributed by atoms with Gasteiger partial charge in [-0.15, -0.1) is 0 Å². The summed E-state index contributed by atoms with van der Waals surface area (Å²) in [6, 6.07) is 11.3. The minimum absolute atomic E-state index is 0.0545. The summed E-state index contributed by atoms with van der Waals surface area (Å²) in [5.41, 5.74) is 7.78. The molecule has 118 valence electrons. The topological polar surface area (TPSA) is 71.6 Å². The van der Waals surface area contributed by atoms with E-state index in [0.717, 1.165) is 16.8 Å². The molecule has 0 saturated heterocycles. The molecule has 0 aliphatic carbocycles. The summed E-state index contributed by atoms with van der Waals surface area (Å²) in [4.78, 5) is 22.4. The van der Waals surface area contributed by atoms with Crippen LogP contribution in [0.1, 0.15) is 18.9 Å². The summed E-state index contributed by atoms with van der Waals surface area (Å²) in [5.74, 6) is 0.172. The van der Waals surface area contributed by atoms with Crippen LogP contribution < -0.4 is 5.73 Å². The van der Waals surface area contributed by atoms with Crippen molar-refractivity contribution in [1.29, 1.82) is 0 Å². The molecule has 1 aromatic carbocycles. The van der Waals surface area contributed by atoms with Gasteiger partial charge in [0, 0.05) is 23.8 Å². The zero-order valence-electron chi connectivity index (χ0n) is 13.0. The molecule has 0 bridgehead atoms. The number of hydrogen-bond acceptors (Lipinski definition) is 4. The maximum atomic E-state index is 12.1. The van der Waals surface area contributed by atoms with E-state index in [1.165, 1.54) is 4.90 Å². The fourth-order valence-electron chi connectivity index (χ4n) is 2.65. The quantitative estimate of drug-likeness (QED) is 0.921. The third-order valence-corrected chi connectivity index (χ3v) is 4.31. The van der Waals surface area contributed by atoms with Crippen LogP contribution in [0.3, 0.4) is 0 Å². The molecule has 1 aromatic heterocycles. The Bertz CT molecular complexity index is 805. The Balaban J connectivity index is 2.05. The number of nitrogens with zero attached hydrogens (tertiary/aromatic N) is 3. The van der Waals surface area contributed by atoms with Crippen LogP contribution in [0, 0.1) is 0 Å². The molecule has 1 atom stereocenters. The molecule has 6 heteroatoms. The van der Waals surface area contributed by atoms with Gasteiger partial charge >= 0.3 is 0 Å². The number of guanidine groups is 1. The highest BCUT2D eigenvalue weighted by Crippen LogP contribution is 2.34. The first-order valence-electron chi connectivity index (χ1n) is 7.23. The maximum absolute atomic E-state index is 12.1. The van der Waals surface area contributed by atoms with Crippen molar-refractivity contribution in [3.05, 3.63) is 53.2 Å². The third-order valence-electron chi connectivity index (χ3n) is 4.08. The van der Waals surface area contributed by atoms with E-state index in [9.17, 15) is 4.79 Å². The normalized spacial score (nSPS) is 21.3. The number of aliphatic imine (C=N–C) groups is 1. The summed E-state index contributed by atoms with van der Waals surface area (Å²) in [6.45, 7) is 1.90. The Labute approximate surface area is 139 Å². The number of carbonyl (C=O) groups is 1. The lowest BCUT2D eigenvalue weighted by molar-refractivity contribution is -0.128. The largest absolute Gasteiger partial charge is 0.369 e. The molecule has 0 unspecified atom stereocenters. The van der Waals surface area contributed by atoms with Gasteiger partial charge in [-0.05, 0) is 36.8 Å². The zero-order valence-corrected chi connectivity index (χ0v) is 13.7. The summed E-state index contributed by atoms with van der Waals surface area (Å²) < 4.78 is 0. The molecular weight excluding hydrogens is 312 g/mol. The van der Waals surface area contributed by atoms with Gasteiger partial charge in [0.2, 0.25) is 5.91 Å². The molecule has 1 aliphatic rings. The molecule has 0 fully saturated rings. The Morgan fingerprint density at radius 1 is 1.30 bits per heavy atom. The summed E-state index contributed by atoms with van der Waals surface area (Å²) in [6.07, 6.45) is 1.98. The van der Waals surface area contributed by atoms with Gasteiger partial charge in [0.15, 0.2) is 5.96 Å². The van der Waals surface area contributed by atoms with E-state index in [0.29, 0.717) is 5.02 Å². The average molecular weight is 329 g/mol. The molecule has 0 saturated carbocycles. The third kappa shape index (κ3) is 2.92. The van der Waals surface area contributed by atoms with Crippen molar-refractivity contribution in [2.75, 3.05) is 7.05 Å². The minimum atomic E-state index is -0.691. The SMILES string of the molecule is CN1C(=O)C[C@@](C)(c2ccnc(-c3cccc(Cl)c3)c2)N=C1N. The Morgan fingerprint density at radius 3 is 2.78 bits per heavy atom. The van der Waals surface area contributed by atoms with Gasteiger partial charge in [0.05, 0.1) is 17.7 Å². The zero-order chi connectivity index (χ0) is 16.6. The fraction of sp³-hybridized carbons (Fsp3) is 0.235. The van der Waals surface area contributed by atoms with Crippen molar-refractivity contribution >= 4 is 23.5 Å². The second kappa shape index (κ2) is 5.66. The lowest BCUT2D eigenvalue weighted by Crippen LogP contribution is -2.47. The minimum Gasteiger partial charge on any atom is -0.369 e. The number of hydrogen-bond donors (Lipinski definition) is 1. The fourth-order valence-corrected chi connectivity index (χ4v) is 2.84. The van der Waals surface area contributed by atoms with Gasteiger partial charge in [-0.2, -0.15) is 0 Å². The number of carbonyl (C=O) groups excluding carboxylic acids is 1. The average Bonchev–Trinajstić information content (AvgIpc) is 2.53. The molecule has 2 N–H and O–H groups in total. The van der Waals surface area contributed by atoms with E-state index < -0.39 is 5.54 Å². The van der Waals surface area contributed by atoms with Gasteiger partial charge in [0.25, 0.3) is 0 Å². The first kappa shape index (κ1) is 15.5. The number of pyridine rings is 1. The number of halogens is 1. The lowest BCUT2D eigenvalue weighted by atomic mass is 9.87. The van der Waals surface area contributed by atoms with Crippen molar-refractivity contribution in [3.8, 4) is 11.3 Å². The molecular formula is C17H17ClN4O. The summed E-state index contributed by atoms with van der Waals surface area (Å²) in [5, 5.41) is 0.651. The summed E-state index contributed by atoms with van der Waals surface area (Å²) >= 11 is 6.05. The van der Waals surface area contributed by atoms with E-state index in [4.69, 9.17) is 17.3 Å². The van der Waals surface area contributed by atoms with Crippen LogP contribution in [0.25, 0.3) is 11.3 Å². The highest BCUT2D eigenvalue weighted by atomic mass is 35.5. The Hall–Kier alpha value is -2.40. The lowest BCUT2D eigenvalue weighted by Gasteiger charge is -2.33. The molecule has 3 rings (SSSR count). The number of benzene rings is 1. The molecule has 0 spiro atoms. The van der Waals surface area contributed by atoms with E-state index in [1.54, 1.807) is 13.2 Å². The highest BCUT2D eigenvalue weighted by Gasteiger charge is 2.36. The number of nitrogens with two attached hydrogens (primary N) is 1. The predicted molar refractivity (Wildman–Crippen MR) is 91.0 cm³/mol. The van der Waals surface area contributed by atoms with Crippen LogP contribution in [0.4, 0.5) is 0 Å². The van der Waals surface area contributed by atoms with E-state index >= 15 is 0 Å². The van der Waals surface area contributed by atoms with Crippen LogP contribution in [-0.2, 0) is 10.3 Å². The Kier molecular flexibility index (Phi) is 3.82. The standard InChI is InChI=1S/C17H17ClN4O/c1-17(10-15(23)22(2)16(19)21-17)12-6-7-20-14(9-12)11-4-3-5-13(18)8-11/h3-9H,10H2,1-2H3,(H2,19,21)/t17-/m0/s1. The van der Waals surface area contributed by atoms with Crippen molar-refractivity contribution in [2.24, 2.45) is 10.7 Å². The Morgan fingerprint density at radius 2 is 2.09 bits per heavy atom. The molecule has 2 aromatic rings. The molecule has 1 aliphatic heterocycles. The van der Waals surface area contributed by atoms with Gasteiger partial charge < -0.3 is 5.73 Å². The van der Waals surface area contributed by atoms with E-state index in [2.05, 4.69) is 9.98 Å². The van der Waals surface area contributed by atoms with Crippen molar-refractivity contribution < 1.29 is 4.79 Å². The van der Waals surface area contributed by atoms with E-state index in [-0.39, 0.29) is 18.3 Å². The van der Waals surface area contributed by atoms with Crippen LogP contribution in [-0.4, -0.2) is 28.8 Å². The molecule has 1 amide bonds. The van der Waals surface area contributed by atoms with Crippen molar-refractivity contribution in [2.45, 2.75) is 18.9 Å². The molecule has 23 heavy (non-hydrogen) atoms. The maximum Gasteiger partial charge on any atom is 0.231 e. The van der Waals surface area contributed by atoms with Crippen LogP contribution in [0.5, 0.6) is 0 Å². The number of rotatable bonds is 2. The monoisotopic (exact) mass is 328 g/mol. The first-order chi connectivity index (χ1) is 10.9. The number of amides is 1. The van der Waals surface area contributed by atoms with Gasteiger partial charge in [-0.1, -0.05) is 23.7 Å². The van der Waals surface area contributed by atoms with Gasteiger partial charge in [-0.25, -0.2) is 4.99 Å². The van der Waals surface area contributed by atoms with Crippen LogP contribution in [0.2, 0.25) is 5.02 Å². The van der Waals surface area contributed by atoms with Crippen molar-refractivity contribution in [1.82, 2.24) is 9.88 Å². The van der Waals surface area contributed by atoms with Crippen molar-refractivity contribution in [3.63, 3.8) is 0 Å². The second-order valence-corrected chi connectivity index (χ2v) is 6.25. The molecule has 0 radical (unpaired) electrons.